The number of carbonyl (C=O) groups is 3. The van der Waals surface area contributed by atoms with Gasteiger partial charge in [-0.1, -0.05) is 0 Å². The Morgan fingerprint density at radius 2 is 1.28 bits per heavy atom. The van der Waals surface area contributed by atoms with E-state index in [4.69, 9.17) is 18.9 Å². The number of carbonyl (C=O) groups excluding carboxylic acids is 3. The van der Waals surface area contributed by atoms with Crippen molar-refractivity contribution in [2.45, 2.75) is 32.5 Å². The first-order valence-corrected chi connectivity index (χ1v) is 12.9. The zero-order valence-electron chi connectivity index (χ0n) is 22.8. The van der Waals surface area contributed by atoms with E-state index in [1.165, 1.54) is 6.07 Å². The molecule has 0 aliphatic carbocycles. The second-order valence-corrected chi connectivity index (χ2v) is 9.20. The highest BCUT2D eigenvalue weighted by molar-refractivity contribution is 5.91. The lowest BCUT2D eigenvalue weighted by atomic mass is 9.93. The van der Waals surface area contributed by atoms with Crippen LogP contribution in [0.5, 0.6) is 51.7 Å². The summed E-state index contributed by atoms with van der Waals surface area (Å²) in [6, 6.07) is 6.23. The predicted octanol–water partition coefficient (Wildman–Crippen LogP) is 3.04. The van der Waals surface area contributed by atoms with Crippen molar-refractivity contribution in [1.82, 2.24) is 10.6 Å². The molecule has 4 rings (SSSR count). The number of rotatable bonds is 7. The first kappa shape index (κ1) is 30.2. The molecule has 3 aromatic carbocycles. The molecule has 43 heavy (non-hydrogen) atoms. The van der Waals surface area contributed by atoms with Crippen molar-refractivity contribution in [3.8, 4) is 51.7 Å². The van der Waals surface area contributed by atoms with E-state index in [0.717, 1.165) is 30.3 Å². The van der Waals surface area contributed by atoms with E-state index in [9.17, 15) is 45.0 Å². The quantitative estimate of drug-likeness (QED) is 0.182. The van der Waals surface area contributed by atoms with Gasteiger partial charge >= 0.3 is 18.2 Å². The fourth-order valence-corrected chi connectivity index (χ4v) is 4.30. The summed E-state index contributed by atoms with van der Waals surface area (Å²) in [5.41, 5.74) is -0.150. The average Bonchev–Trinajstić information content (AvgIpc) is 2.92. The monoisotopic (exact) mass is 600 g/mol. The van der Waals surface area contributed by atoms with Gasteiger partial charge in [-0.2, -0.15) is 0 Å². The molecule has 15 nitrogen and oxygen atoms in total. The highest BCUT2D eigenvalue weighted by Crippen LogP contribution is 2.46. The molecule has 0 saturated heterocycles. The van der Waals surface area contributed by atoms with Crippen molar-refractivity contribution < 1.29 is 64.0 Å². The Morgan fingerprint density at radius 1 is 0.767 bits per heavy atom. The summed E-state index contributed by atoms with van der Waals surface area (Å²) < 4.78 is 21.3. The van der Waals surface area contributed by atoms with Crippen molar-refractivity contribution in [2.24, 2.45) is 0 Å². The van der Waals surface area contributed by atoms with Crippen molar-refractivity contribution in [3.63, 3.8) is 0 Å². The lowest BCUT2D eigenvalue weighted by Gasteiger charge is -2.34. The summed E-state index contributed by atoms with van der Waals surface area (Å²) in [6.45, 7) is 3.70. The topological polar surface area (TPSA) is 234 Å². The molecule has 8 N–H and O–H groups in total. The van der Waals surface area contributed by atoms with Gasteiger partial charge in [0, 0.05) is 42.8 Å². The molecular formula is C28H28N2O13. The highest BCUT2D eigenvalue weighted by Gasteiger charge is 2.37. The minimum atomic E-state index is -1.27. The lowest BCUT2D eigenvalue weighted by molar-refractivity contribution is -0.0189. The number of phenols is 6. The number of hydrogen-bond donors (Lipinski definition) is 8. The molecule has 2 amide bonds. The number of amides is 2. The van der Waals surface area contributed by atoms with Crippen molar-refractivity contribution in [2.75, 3.05) is 13.1 Å². The van der Waals surface area contributed by atoms with Crippen LogP contribution in [0.25, 0.3) is 0 Å². The molecule has 1 aliphatic heterocycles. The van der Waals surface area contributed by atoms with Gasteiger partial charge in [-0.25, -0.2) is 14.4 Å². The van der Waals surface area contributed by atoms with E-state index in [-0.39, 0.29) is 53.4 Å². The molecule has 0 fully saturated rings. The number of benzene rings is 3. The van der Waals surface area contributed by atoms with Gasteiger partial charge in [-0.05, 0) is 38.1 Å². The van der Waals surface area contributed by atoms with Gasteiger partial charge in [0.2, 0.25) is 11.5 Å². The molecule has 2 atom stereocenters. The van der Waals surface area contributed by atoms with Gasteiger partial charge < -0.3 is 60.2 Å². The zero-order chi connectivity index (χ0) is 31.4. The van der Waals surface area contributed by atoms with E-state index in [0.29, 0.717) is 0 Å². The minimum absolute atomic E-state index is 0.0126. The van der Waals surface area contributed by atoms with Crippen LogP contribution in [-0.2, 0) is 11.2 Å². The molecule has 15 heteroatoms. The Labute approximate surface area is 243 Å². The van der Waals surface area contributed by atoms with E-state index in [1.807, 2.05) is 0 Å². The first-order chi connectivity index (χ1) is 20.4. The SMILES string of the molecule is CCNC(=O)Oc1c(O)cc(C(=O)O[C@@H]2Cc3c(O)cc(O)cc3O[C@@H]2c2cc(O)c(OC(=O)NCC)c(O)c2)cc1O. The minimum Gasteiger partial charge on any atom is -0.508 e. The number of hydrogen-bond acceptors (Lipinski definition) is 13. The maximum atomic E-state index is 13.2. The van der Waals surface area contributed by atoms with Crippen LogP contribution in [0, 0.1) is 0 Å². The fourth-order valence-electron chi connectivity index (χ4n) is 4.30. The molecule has 0 bridgehead atoms. The molecule has 1 aliphatic rings. The largest absolute Gasteiger partial charge is 0.508 e. The Morgan fingerprint density at radius 3 is 1.79 bits per heavy atom. The summed E-state index contributed by atoms with van der Waals surface area (Å²) >= 11 is 0. The molecule has 228 valence electrons. The molecule has 3 aromatic rings. The molecule has 0 unspecified atom stereocenters. The van der Waals surface area contributed by atoms with E-state index >= 15 is 0 Å². The second-order valence-electron chi connectivity index (χ2n) is 9.20. The van der Waals surface area contributed by atoms with Crippen LogP contribution in [0.3, 0.4) is 0 Å². The molecule has 0 saturated carbocycles. The smallest absolute Gasteiger partial charge is 0.412 e. The average molecular weight is 601 g/mol. The number of aromatic hydroxyl groups is 6. The van der Waals surface area contributed by atoms with Crippen molar-refractivity contribution in [3.05, 3.63) is 53.1 Å². The number of fused-ring (bicyclic) bond motifs is 1. The van der Waals surface area contributed by atoms with E-state index in [2.05, 4.69) is 10.6 Å². The van der Waals surface area contributed by atoms with Crippen LogP contribution >= 0.6 is 0 Å². The number of phenolic OH excluding ortho intramolecular Hbond substituents is 6. The summed E-state index contributed by atoms with van der Waals surface area (Å²) in [5.74, 6) is -5.71. The van der Waals surface area contributed by atoms with Crippen LogP contribution in [0.15, 0.2) is 36.4 Å². The van der Waals surface area contributed by atoms with Crippen molar-refractivity contribution >= 4 is 18.2 Å². The third-order valence-corrected chi connectivity index (χ3v) is 6.14. The molecule has 0 radical (unpaired) electrons. The highest BCUT2D eigenvalue weighted by atomic mass is 16.6. The molecular weight excluding hydrogens is 572 g/mol. The number of ether oxygens (including phenoxy) is 4. The maximum Gasteiger partial charge on any atom is 0.412 e. The summed E-state index contributed by atoms with van der Waals surface area (Å²) in [6.07, 6.45) is -4.61. The van der Waals surface area contributed by atoms with Crippen LogP contribution in [0.1, 0.15) is 41.4 Å². The van der Waals surface area contributed by atoms with Gasteiger partial charge in [-0.15, -0.1) is 0 Å². The second kappa shape index (κ2) is 12.4. The zero-order valence-corrected chi connectivity index (χ0v) is 22.8. The summed E-state index contributed by atoms with van der Waals surface area (Å²) in [5, 5.41) is 66.7. The van der Waals surface area contributed by atoms with Gasteiger partial charge in [-0.3, -0.25) is 0 Å². The van der Waals surface area contributed by atoms with Crippen LogP contribution < -0.4 is 24.8 Å². The number of nitrogens with one attached hydrogen (secondary N) is 2. The van der Waals surface area contributed by atoms with Gasteiger partial charge in [0.25, 0.3) is 0 Å². The Balaban J connectivity index is 1.67. The van der Waals surface area contributed by atoms with Crippen LogP contribution in [0.4, 0.5) is 9.59 Å². The van der Waals surface area contributed by atoms with Crippen LogP contribution in [0.2, 0.25) is 0 Å². The van der Waals surface area contributed by atoms with Crippen molar-refractivity contribution in [1.29, 1.82) is 0 Å². The first-order valence-electron chi connectivity index (χ1n) is 12.9. The van der Waals surface area contributed by atoms with Crippen LogP contribution in [-0.4, -0.2) is 68.0 Å². The standard InChI is InChI=1S/C28H28N2O13/c1-3-29-27(38)42-24-17(33)5-12(6-18(24)34)23-22(11-15-16(32)9-14(31)10-21(15)40-23)41-26(37)13-7-19(35)25(20(36)8-13)43-28(39)30-4-2/h5-10,22-23,31-36H,3-4,11H2,1-2H3,(H,29,38)(H,30,39)/t22-,23-/m1/s1. The molecule has 1 heterocycles. The Hall–Kier alpha value is -5.73. The Kier molecular flexibility index (Phi) is 8.73. The third-order valence-electron chi connectivity index (χ3n) is 6.14. The molecule has 0 spiro atoms. The number of esters is 1. The van der Waals surface area contributed by atoms with E-state index < -0.39 is 64.9 Å². The Bertz CT molecular complexity index is 1530. The predicted molar refractivity (Wildman–Crippen MR) is 145 cm³/mol. The normalized spacial score (nSPS) is 15.4. The van der Waals surface area contributed by atoms with Gasteiger partial charge in [0.05, 0.1) is 5.56 Å². The molecule has 0 aromatic heterocycles. The summed E-state index contributed by atoms with van der Waals surface area (Å²) in [4.78, 5) is 36.7. The van der Waals surface area contributed by atoms with Gasteiger partial charge in [0.1, 0.15) is 23.4 Å². The summed E-state index contributed by atoms with van der Waals surface area (Å²) in [7, 11) is 0. The lowest BCUT2D eigenvalue weighted by Crippen LogP contribution is -2.35. The maximum absolute atomic E-state index is 13.2. The third kappa shape index (κ3) is 6.61. The fraction of sp³-hybridized carbons (Fsp3) is 0.250. The van der Waals surface area contributed by atoms with E-state index in [1.54, 1.807) is 13.8 Å². The van der Waals surface area contributed by atoms with Gasteiger partial charge in [0.15, 0.2) is 29.1 Å².